The maximum absolute atomic E-state index is 12.2. The van der Waals surface area contributed by atoms with E-state index in [1.165, 1.54) is 0 Å². The van der Waals surface area contributed by atoms with Gasteiger partial charge in [-0.3, -0.25) is 4.79 Å². The molecule has 0 aromatic heterocycles. The smallest absolute Gasteiger partial charge is 0.227 e. The molecule has 106 valence electrons. The molecule has 0 saturated carbocycles. The predicted octanol–water partition coefficient (Wildman–Crippen LogP) is 3.12. The molecule has 0 saturated heterocycles. The molecule has 1 aromatic carbocycles. The third kappa shape index (κ3) is 3.04. The van der Waals surface area contributed by atoms with Crippen molar-refractivity contribution in [1.82, 2.24) is 0 Å². The molecule has 5 heteroatoms. The molecule has 0 aliphatic carbocycles. The van der Waals surface area contributed by atoms with E-state index >= 15 is 0 Å². The number of hydrogen-bond acceptors (Lipinski definition) is 2. The Morgan fingerprint density at radius 1 is 1.47 bits per heavy atom. The van der Waals surface area contributed by atoms with Gasteiger partial charge in [-0.2, -0.15) is 0 Å². The maximum atomic E-state index is 12.2. The van der Waals surface area contributed by atoms with Gasteiger partial charge in [0.2, 0.25) is 5.91 Å². The molecule has 0 bridgehead atoms. The molecule has 1 aromatic rings. The van der Waals surface area contributed by atoms with Gasteiger partial charge in [0.25, 0.3) is 0 Å². The highest BCUT2D eigenvalue weighted by Crippen LogP contribution is 2.44. The summed E-state index contributed by atoms with van der Waals surface area (Å²) in [5.74, 6) is 0.134. The molecular weight excluding hydrogens is 283 g/mol. The molecule has 2 rings (SSSR count). The molecule has 1 aliphatic heterocycles. The van der Waals surface area contributed by atoms with Gasteiger partial charge in [0.15, 0.2) is 0 Å². The van der Waals surface area contributed by atoms with E-state index < -0.39 is 0 Å². The predicted molar refractivity (Wildman–Crippen MR) is 82.4 cm³/mol. The molecule has 3 nitrogen and oxygen atoms in total. The van der Waals surface area contributed by atoms with Crippen molar-refractivity contribution in [2.24, 2.45) is 5.73 Å². The Labute approximate surface area is 125 Å². The van der Waals surface area contributed by atoms with Gasteiger partial charge in [-0.15, -0.1) is 12.4 Å². The molecule has 1 aliphatic rings. The number of hydrogen-bond donors (Lipinski definition) is 1. The Hall–Kier alpha value is -0.770. The van der Waals surface area contributed by atoms with Crippen molar-refractivity contribution in [3.63, 3.8) is 0 Å². The zero-order valence-corrected chi connectivity index (χ0v) is 12.9. The molecule has 0 fully saturated rings. The summed E-state index contributed by atoms with van der Waals surface area (Å²) in [6, 6.07) is 5.75. The fourth-order valence-electron chi connectivity index (χ4n) is 2.58. The number of carbonyl (C=O) groups excluding carboxylic acids is 1. The van der Waals surface area contributed by atoms with Crippen LogP contribution in [0, 0.1) is 0 Å². The monoisotopic (exact) mass is 302 g/mol. The van der Waals surface area contributed by atoms with E-state index in [0.717, 1.165) is 22.7 Å². The Balaban J connectivity index is 0.00000180. The first kappa shape index (κ1) is 16.3. The van der Waals surface area contributed by atoms with Crippen LogP contribution in [0.2, 0.25) is 5.02 Å². The van der Waals surface area contributed by atoms with E-state index in [-0.39, 0.29) is 23.7 Å². The van der Waals surface area contributed by atoms with Gasteiger partial charge in [0.1, 0.15) is 0 Å². The molecule has 19 heavy (non-hydrogen) atoms. The number of halogens is 2. The SMILES string of the molecule is CC1(C)CN(C(=O)CCCN)c2cccc(Cl)c21.Cl. The highest BCUT2D eigenvalue weighted by Gasteiger charge is 2.39. The largest absolute Gasteiger partial charge is 0.330 e. The van der Waals surface area contributed by atoms with Crippen LogP contribution < -0.4 is 10.6 Å². The lowest BCUT2D eigenvalue weighted by atomic mass is 9.87. The lowest BCUT2D eigenvalue weighted by molar-refractivity contribution is -0.118. The van der Waals surface area contributed by atoms with Gasteiger partial charge in [0.05, 0.1) is 0 Å². The third-order valence-electron chi connectivity index (χ3n) is 3.41. The van der Waals surface area contributed by atoms with E-state index in [4.69, 9.17) is 17.3 Å². The fourth-order valence-corrected chi connectivity index (χ4v) is 3.00. The van der Waals surface area contributed by atoms with E-state index in [1.54, 1.807) is 0 Å². The average Bonchev–Trinajstić information content (AvgIpc) is 2.59. The normalized spacial score (nSPS) is 15.9. The molecule has 0 radical (unpaired) electrons. The zero-order valence-electron chi connectivity index (χ0n) is 11.3. The number of nitrogens with zero attached hydrogens (tertiary/aromatic N) is 1. The molecule has 0 unspecified atom stereocenters. The summed E-state index contributed by atoms with van der Waals surface area (Å²) in [7, 11) is 0. The van der Waals surface area contributed by atoms with Gasteiger partial charge in [-0.25, -0.2) is 0 Å². The van der Waals surface area contributed by atoms with E-state index in [9.17, 15) is 4.79 Å². The standard InChI is InChI=1S/C14H19ClN2O.ClH/c1-14(2)9-17(12(18)7-4-8-16)11-6-3-5-10(15)13(11)14;/h3,5-6H,4,7-9,16H2,1-2H3;1H. The minimum absolute atomic E-state index is 0. The van der Waals surface area contributed by atoms with Crippen LogP contribution in [0.15, 0.2) is 18.2 Å². The Kier molecular flexibility index (Phi) is 5.25. The quantitative estimate of drug-likeness (QED) is 0.932. The molecule has 2 N–H and O–H groups in total. The summed E-state index contributed by atoms with van der Waals surface area (Å²) in [5, 5.41) is 0.742. The third-order valence-corrected chi connectivity index (χ3v) is 3.72. The zero-order chi connectivity index (χ0) is 13.3. The van der Waals surface area contributed by atoms with Crippen molar-refractivity contribution in [2.75, 3.05) is 18.0 Å². The van der Waals surface area contributed by atoms with Crippen LogP contribution in [0.5, 0.6) is 0 Å². The summed E-state index contributed by atoms with van der Waals surface area (Å²) in [6.07, 6.45) is 1.23. The van der Waals surface area contributed by atoms with Gasteiger partial charge in [-0.1, -0.05) is 31.5 Å². The van der Waals surface area contributed by atoms with Gasteiger partial charge < -0.3 is 10.6 Å². The van der Waals surface area contributed by atoms with Crippen molar-refractivity contribution in [3.05, 3.63) is 28.8 Å². The molecule has 1 heterocycles. The Bertz CT molecular complexity index is 475. The highest BCUT2D eigenvalue weighted by molar-refractivity contribution is 6.32. The fraction of sp³-hybridized carbons (Fsp3) is 0.500. The van der Waals surface area contributed by atoms with Crippen LogP contribution in [-0.2, 0) is 10.2 Å². The van der Waals surface area contributed by atoms with Gasteiger partial charge >= 0.3 is 0 Å². The topological polar surface area (TPSA) is 46.3 Å². The number of anilines is 1. The van der Waals surface area contributed by atoms with Crippen molar-refractivity contribution in [3.8, 4) is 0 Å². The van der Waals surface area contributed by atoms with E-state index in [0.29, 0.717) is 19.5 Å². The summed E-state index contributed by atoms with van der Waals surface area (Å²) in [4.78, 5) is 14.0. The van der Waals surface area contributed by atoms with Crippen molar-refractivity contribution >= 4 is 35.6 Å². The number of nitrogens with two attached hydrogens (primary N) is 1. The van der Waals surface area contributed by atoms with Crippen LogP contribution in [0.3, 0.4) is 0 Å². The lowest BCUT2D eigenvalue weighted by Crippen LogP contribution is -2.34. The molecule has 0 spiro atoms. The second kappa shape index (κ2) is 6.12. The number of fused-ring (bicyclic) bond motifs is 1. The summed E-state index contributed by atoms with van der Waals surface area (Å²) in [5.41, 5.74) is 7.39. The minimum Gasteiger partial charge on any atom is -0.330 e. The maximum Gasteiger partial charge on any atom is 0.227 e. The van der Waals surface area contributed by atoms with Crippen LogP contribution in [0.4, 0.5) is 5.69 Å². The van der Waals surface area contributed by atoms with Crippen molar-refractivity contribution < 1.29 is 4.79 Å². The second-order valence-electron chi connectivity index (χ2n) is 5.39. The lowest BCUT2D eigenvalue weighted by Gasteiger charge is -2.21. The molecule has 0 atom stereocenters. The summed E-state index contributed by atoms with van der Waals surface area (Å²) in [6.45, 7) is 5.47. The number of carbonyl (C=O) groups is 1. The molecule has 1 amide bonds. The number of benzene rings is 1. The van der Waals surface area contributed by atoms with Crippen LogP contribution in [0.1, 0.15) is 32.3 Å². The van der Waals surface area contributed by atoms with Crippen molar-refractivity contribution in [2.45, 2.75) is 32.1 Å². The average molecular weight is 303 g/mol. The Morgan fingerprint density at radius 3 is 2.79 bits per heavy atom. The van der Waals surface area contributed by atoms with Gasteiger partial charge in [-0.05, 0) is 25.1 Å². The Morgan fingerprint density at radius 2 is 2.16 bits per heavy atom. The first-order valence-electron chi connectivity index (χ1n) is 6.27. The van der Waals surface area contributed by atoms with E-state index in [1.807, 2.05) is 23.1 Å². The van der Waals surface area contributed by atoms with Crippen LogP contribution >= 0.6 is 24.0 Å². The van der Waals surface area contributed by atoms with E-state index in [2.05, 4.69) is 13.8 Å². The summed E-state index contributed by atoms with van der Waals surface area (Å²) < 4.78 is 0. The van der Waals surface area contributed by atoms with Crippen LogP contribution in [0.25, 0.3) is 0 Å². The summed E-state index contributed by atoms with van der Waals surface area (Å²) >= 11 is 6.27. The number of amides is 1. The number of rotatable bonds is 3. The van der Waals surface area contributed by atoms with Crippen molar-refractivity contribution in [1.29, 1.82) is 0 Å². The first-order chi connectivity index (χ1) is 8.47. The highest BCUT2D eigenvalue weighted by atomic mass is 35.5. The van der Waals surface area contributed by atoms with Crippen LogP contribution in [-0.4, -0.2) is 19.0 Å². The minimum atomic E-state index is -0.0912. The second-order valence-corrected chi connectivity index (χ2v) is 5.80. The first-order valence-corrected chi connectivity index (χ1v) is 6.64. The molecular formula is C14H20Cl2N2O. The van der Waals surface area contributed by atoms with Gasteiger partial charge in [0, 0.05) is 34.7 Å².